The summed E-state index contributed by atoms with van der Waals surface area (Å²) in [7, 11) is 6.29. The van der Waals surface area contributed by atoms with E-state index in [9.17, 15) is 4.79 Å². The van der Waals surface area contributed by atoms with Crippen molar-refractivity contribution in [3.8, 4) is 17.2 Å². The molecule has 2 aromatic rings. The molecule has 1 aromatic heterocycles. The van der Waals surface area contributed by atoms with Crippen LogP contribution < -0.4 is 24.8 Å². The number of pyridine rings is 1. The van der Waals surface area contributed by atoms with E-state index in [1.807, 2.05) is 0 Å². The number of anilines is 2. The fraction of sp³-hybridized carbons (Fsp3) is 0.250. The summed E-state index contributed by atoms with van der Waals surface area (Å²) >= 11 is 0. The lowest BCUT2D eigenvalue weighted by atomic mass is 10.1. The molecule has 2 rings (SSSR count). The van der Waals surface area contributed by atoms with Crippen LogP contribution in [0.2, 0.25) is 0 Å². The van der Waals surface area contributed by atoms with Gasteiger partial charge >= 0.3 is 0 Å². The lowest BCUT2D eigenvalue weighted by molar-refractivity contribution is 0.102. The van der Waals surface area contributed by atoms with E-state index in [-0.39, 0.29) is 5.91 Å². The molecule has 0 atom stereocenters. The van der Waals surface area contributed by atoms with Gasteiger partial charge in [0.25, 0.3) is 5.91 Å². The van der Waals surface area contributed by atoms with E-state index in [4.69, 9.17) is 14.2 Å². The van der Waals surface area contributed by atoms with Crippen LogP contribution in [0.15, 0.2) is 30.5 Å². The molecule has 2 N–H and O–H groups in total. The van der Waals surface area contributed by atoms with Crippen molar-refractivity contribution < 1.29 is 19.0 Å². The Balaban J connectivity index is 2.29. The molecule has 0 saturated carbocycles. The number of methoxy groups -OCH3 is 3. The molecule has 0 bridgehead atoms. The summed E-state index contributed by atoms with van der Waals surface area (Å²) in [6.45, 7) is 0. The molecule has 1 heterocycles. The Morgan fingerprint density at radius 2 is 1.65 bits per heavy atom. The van der Waals surface area contributed by atoms with Gasteiger partial charge in [0, 0.05) is 19.2 Å². The number of nitrogens with one attached hydrogen (secondary N) is 2. The van der Waals surface area contributed by atoms with Crippen molar-refractivity contribution >= 4 is 17.4 Å². The minimum Gasteiger partial charge on any atom is -0.496 e. The average molecular weight is 317 g/mol. The van der Waals surface area contributed by atoms with Crippen LogP contribution in [0.25, 0.3) is 0 Å². The lowest BCUT2D eigenvalue weighted by Gasteiger charge is -2.14. The largest absolute Gasteiger partial charge is 0.496 e. The van der Waals surface area contributed by atoms with Gasteiger partial charge in [0.05, 0.1) is 38.8 Å². The van der Waals surface area contributed by atoms with Gasteiger partial charge in [-0.25, -0.2) is 4.98 Å². The quantitative estimate of drug-likeness (QED) is 0.851. The number of nitrogens with zero attached hydrogens (tertiary/aromatic N) is 1. The van der Waals surface area contributed by atoms with Crippen molar-refractivity contribution in [2.24, 2.45) is 0 Å². The number of carbonyl (C=O) groups is 1. The second-order valence-corrected chi connectivity index (χ2v) is 4.54. The Labute approximate surface area is 134 Å². The molecule has 1 aromatic carbocycles. The molecule has 0 aliphatic rings. The summed E-state index contributed by atoms with van der Waals surface area (Å²) < 4.78 is 15.7. The maximum Gasteiger partial charge on any atom is 0.259 e. The third-order valence-electron chi connectivity index (χ3n) is 3.23. The molecule has 0 aliphatic carbocycles. The van der Waals surface area contributed by atoms with E-state index >= 15 is 0 Å². The number of hydrogen-bond acceptors (Lipinski definition) is 6. The molecule has 1 amide bonds. The third-order valence-corrected chi connectivity index (χ3v) is 3.23. The zero-order valence-electron chi connectivity index (χ0n) is 13.5. The predicted molar refractivity (Wildman–Crippen MR) is 87.8 cm³/mol. The topological polar surface area (TPSA) is 81.7 Å². The zero-order valence-corrected chi connectivity index (χ0v) is 13.5. The van der Waals surface area contributed by atoms with Gasteiger partial charge in [-0.3, -0.25) is 4.79 Å². The van der Waals surface area contributed by atoms with Gasteiger partial charge in [-0.2, -0.15) is 0 Å². The van der Waals surface area contributed by atoms with Gasteiger partial charge in [-0.1, -0.05) is 0 Å². The molecule has 0 saturated heterocycles. The SMILES string of the molecule is CNc1ccc(NC(=O)c2cc(OC)c(OC)cc2OC)cn1. The number of benzene rings is 1. The van der Waals surface area contributed by atoms with Crippen LogP contribution >= 0.6 is 0 Å². The van der Waals surface area contributed by atoms with Crippen LogP contribution in [0.5, 0.6) is 17.2 Å². The average Bonchev–Trinajstić information content (AvgIpc) is 2.60. The first-order valence-corrected chi connectivity index (χ1v) is 6.88. The van der Waals surface area contributed by atoms with Gasteiger partial charge in [0.2, 0.25) is 0 Å². The van der Waals surface area contributed by atoms with Crippen LogP contribution in [0.4, 0.5) is 11.5 Å². The molecular weight excluding hydrogens is 298 g/mol. The maximum atomic E-state index is 12.5. The van der Waals surface area contributed by atoms with Crippen molar-refractivity contribution in [1.82, 2.24) is 4.98 Å². The molecule has 23 heavy (non-hydrogen) atoms. The molecule has 7 nitrogen and oxygen atoms in total. The highest BCUT2D eigenvalue weighted by Gasteiger charge is 2.18. The summed E-state index contributed by atoms with van der Waals surface area (Å²) in [6, 6.07) is 6.70. The summed E-state index contributed by atoms with van der Waals surface area (Å²) in [5.41, 5.74) is 0.911. The van der Waals surface area contributed by atoms with E-state index in [0.717, 1.165) is 0 Å². The predicted octanol–water partition coefficient (Wildman–Crippen LogP) is 2.40. The van der Waals surface area contributed by atoms with Crippen molar-refractivity contribution in [2.75, 3.05) is 39.0 Å². The number of amides is 1. The summed E-state index contributed by atoms with van der Waals surface area (Å²) in [4.78, 5) is 16.6. The van der Waals surface area contributed by atoms with Crippen LogP contribution in [0.3, 0.4) is 0 Å². The molecule has 7 heteroatoms. The minimum absolute atomic E-state index is 0.332. The summed E-state index contributed by atoms with van der Waals surface area (Å²) in [5, 5.41) is 5.68. The fourth-order valence-electron chi connectivity index (χ4n) is 2.02. The highest BCUT2D eigenvalue weighted by Crippen LogP contribution is 2.34. The zero-order chi connectivity index (χ0) is 16.8. The van der Waals surface area contributed by atoms with Gasteiger partial charge < -0.3 is 24.8 Å². The van der Waals surface area contributed by atoms with Crippen molar-refractivity contribution in [3.63, 3.8) is 0 Å². The Hall–Kier alpha value is -2.96. The second kappa shape index (κ2) is 7.35. The number of rotatable bonds is 6. The van der Waals surface area contributed by atoms with Crippen molar-refractivity contribution in [3.05, 3.63) is 36.0 Å². The Kier molecular flexibility index (Phi) is 5.24. The maximum absolute atomic E-state index is 12.5. The Morgan fingerprint density at radius 1 is 1.00 bits per heavy atom. The molecule has 0 aliphatic heterocycles. The third kappa shape index (κ3) is 3.63. The van der Waals surface area contributed by atoms with E-state index in [0.29, 0.717) is 34.3 Å². The molecule has 122 valence electrons. The molecular formula is C16H19N3O4. The van der Waals surface area contributed by atoms with E-state index in [1.165, 1.54) is 21.3 Å². The first kappa shape index (κ1) is 16.4. The normalized spacial score (nSPS) is 9.91. The monoisotopic (exact) mass is 317 g/mol. The molecule has 0 unspecified atom stereocenters. The van der Waals surface area contributed by atoms with E-state index in [1.54, 1.807) is 37.5 Å². The molecule has 0 spiro atoms. The smallest absolute Gasteiger partial charge is 0.259 e. The van der Waals surface area contributed by atoms with Crippen molar-refractivity contribution in [1.29, 1.82) is 0 Å². The van der Waals surface area contributed by atoms with Gasteiger partial charge in [0.15, 0.2) is 11.5 Å². The first-order chi connectivity index (χ1) is 11.1. The summed E-state index contributed by atoms with van der Waals surface area (Å²) in [6.07, 6.45) is 1.57. The Morgan fingerprint density at radius 3 is 2.17 bits per heavy atom. The Bertz CT molecular complexity index is 686. The highest BCUT2D eigenvalue weighted by molar-refractivity contribution is 6.06. The lowest BCUT2D eigenvalue weighted by Crippen LogP contribution is -2.14. The fourth-order valence-corrected chi connectivity index (χ4v) is 2.02. The van der Waals surface area contributed by atoms with Gasteiger partial charge in [0.1, 0.15) is 11.6 Å². The van der Waals surface area contributed by atoms with Crippen LogP contribution in [0, 0.1) is 0 Å². The van der Waals surface area contributed by atoms with Crippen molar-refractivity contribution in [2.45, 2.75) is 0 Å². The molecule has 0 radical (unpaired) electrons. The number of carbonyl (C=O) groups excluding carboxylic acids is 1. The van der Waals surface area contributed by atoms with Crippen LogP contribution in [-0.4, -0.2) is 39.3 Å². The summed E-state index contributed by atoms with van der Waals surface area (Å²) in [5.74, 6) is 1.71. The van der Waals surface area contributed by atoms with Gasteiger partial charge in [-0.05, 0) is 12.1 Å². The standard InChI is InChI=1S/C16H19N3O4/c1-17-15-6-5-10(9-18-15)19-16(20)11-7-13(22-3)14(23-4)8-12(11)21-2/h5-9H,1-4H3,(H,17,18)(H,19,20). The van der Waals surface area contributed by atoms with E-state index in [2.05, 4.69) is 15.6 Å². The molecule has 0 fully saturated rings. The highest BCUT2D eigenvalue weighted by atomic mass is 16.5. The first-order valence-electron chi connectivity index (χ1n) is 6.88. The number of ether oxygens (including phenoxy) is 3. The second-order valence-electron chi connectivity index (χ2n) is 4.54. The number of hydrogen-bond donors (Lipinski definition) is 2. The minimum atomic E-state index is -0.332. The van der Waals surface area contributed by atoms with Crippen LogP contribution in [0.1, 0.15) is 10.4 Å². The van der Waals surface area contributed by atoms with E-state index < -0.39 is 0 Å². The number of aromatic nitrogens is 1. The van der Waals surface area contributed by atoms with Crippen LogP contribution in [-0.2, 0) is 0 Å². The van der Waals surface area contributed by atoms with Gasteiger partial charge in [-0.15, -0.1) is 0 Å².